The summed E-state index contributed by atoms with van der Waals surface area (Å²) < 4.78 is 6.07. The molecule has 2 heteroatoms. The molecule has 2 rings (SSSR count). The van der Waals surface area contributed by atoms with E-state index in [1.807, 2.05) is 18.2 Å². The van der Waals surface area contributed by atoms with Crippen molar-refractivity contribution in [2.45, 2.75) is 45.1 Å². The summed E-state index contributed by atoms with van der Waals surface area (Å²) in [5, 5.41) is 8.93. The first-order chi connectivity index (χ1) is 8.29. The Morgan fingerprint density at radius 2 is 2.12 bits per heavy atom. The lowest BCUT2D eigenvalue weighted by atomic mass is 9.88. The molecule has 17 heavy (non-hydrogen) atoms. The van der Waals surface area contributed by atoms with Crippen LogP contribution in [0.3, 0.4) is 0 Å². The van der Waals surface area contributed by atoms with E-state index >= 15 is 0 Å². The Labute approximate surface area is 104 Å². The van der Waals surface area contributed by atoms with Crippen LogP contribution in [0, 0.1) is 5.92 Å². The highest BCUT2D eigenvalue weighted by atomic mass is 16.5. The van der Waals surface area contributed by atoms with Gasteiger partial charge in [-0.15, -0.1) is 0 Å². The van der Waals surface area contributed by atoms with Crippen LogP contribution in [0.5, 0.6) is 5.75 Å². The molecular formula is C15H22O2. The van der Waals surface area contributed by atoms with Gasteiger partial charge in [0.25, 0.3) is 0 Å². The fourth-order valence-electron chi connectivity index (χ4n) is 2.54. The first kappa shape index (κ1) is 12.4. The van der Waals surface area contributed by atoms with Gasteiger partial charge in [-0.1, -0.05) is 25.5 Å². The van der Waals surface area contributed by atoms with Crippen molar-refractivity contribution in [1.82, 2.24) is 0 Å². The van der Waals surface area contributed by atoms with Gasteiger partial charge in [0, 0.05) is 6.61 Å². The van der Waals surface area contributed by atoms with Crippen LogP contribution in [-0.4, -0.2) is 17.8 Å². The number of aliphatic hydroxyl groups is 1. The van der Waals surface area contributed by atoms with E-state index < -0.39 is 0 Å². The molecular weight excluding hydrogens is 212 g/mol. The summed E-state index contributed by atoms with van der Waals surface area (Å²) in [6.45, 7) is 2.48. The molecule has 0 bridgehead atoms. The molecule has 1 saturated carbocycles. The quantitative estimate of drug-likeness (QED) is 0.867. The Hall–Kier alpha value is -1.02. The molecule has 0 spiro atoms. The molecule has 0 aromatic heterocycles. The molecule has 94 valence electrons. The molecule has 1 N–H and O–H groups in total. The largest absolute Gasteiger partial charge is 0.490 e. The lowest BCUT2D eigenvalue weighted by Crippen LogP contribution is -2.28. The molecule has 0 unspecified atom stereocenters. The molecule has 2 nitrogen and oxygen atoms in total. The highest BCUT2D eigenvalue weighted by Gasteiger charge is 2.22. The van der Waals surface area contributed by atoms with Crippen LogP contribution in [0.15, 0.2) is 24.3 Å². The van der Waals surface area contributed by atoms with E-state index in [-0.39, 0.29) is 6.61 Å². The monoisotopic (exact) mass is 234 g/mol. The Morgan fingerprint density at radius 1 is 1.29 bits per heavy atom. The van der Waals surface area contributed by atoms with Crippen LogP contribution in [0.4, 0.5) is 0 Å². The van der Waals surface area contributed by atoms with Crippen LogP contribution < -0.4 is 4.74 Å². The van der Waals surface area contributed by atoms with Crippen LogP contribution >= 0.6 is 0 Å². The number of hydrogen-bond acceptors (Lipinski definition) is 2. The van der Waals surface area contributed by atoms with Gasteiger partial charge in [0.15, 0.2) is 0 Å². The number of hydrogen-bond donors (Lipinski definition) is 1. The van der Waals surface area contributed by atoms with Gasteiger partial charge in [0.05, 0.1) is 0 Å². The van der Waals surface area contributed by atoms with Crippen LogP contribution in [0.25, 0.3) is 0 Å². The van der Waals surface area contributed by atoms with Crippen molar-refractivity contribution in [2.75, 3.05) is 6.61 Å². The maximum Gasteiger partial charge on any atom is 0.120 e. The van der Waals surface area contributed by atoms with E-state index in [0.717, 1.165) is 11.3 Å². The van der Waals surface area contributed by atoms with Gasteiger partial charge in [-0.05, 0) is 49.3 Å². The van der Waals surface area contributed by atoms with Crippen molar-refractivity contribution in [3.8, 4) is 5.75 Å². The van der Waals surface area contributed by atoms with E-state index in [1.165, 1.54) is 25.7 Å². The molecule has 0 heterocycles. The van der Waals surface area contributed by atoms with Crippen LogP contribution in [0.1, 0.15) is 38.2 Å². The number of benzene rings is 1. The predicted octanol–water partition coefficient (Wildman–Crippen LogP) is 3.18. The summed E-state index contributed by atoms with van der Waals surface area (Å²) in [4.78, 5) is 0. The minimum Gasteiger partial charge on any atom is -0.490 e. The summed E-state index contributed by atoms with van der Waals surface area (Å²) in [6, 6.07) is 8.11. The third-order valence-electron chi connectivity index (χ3n) is 3.62. The summed E-state index contributed by atoms with van der Waals surface area (Å²) in [7, 11) is 0. The zero-order valence-electron chi connectivity index (χ0n) is 10.6. The Morgan fingerprint density at radius 3 is 2.88 bits per heavy atom. The molecule has 0 amide bonds. The summed E-state index contributed by atoms with van der Waals surface area (Å²) >= 11 is 0. The van der Waals surface area contributed by atoms with E-state index in [9.17, 15) is 0 Å². The first-order valence-corrected chi connectivity index (χ1v) is 6.66. The maximum atomic E-state index is 8.93. The van der Waals surface area contributed by atoms with Gasteiger partial charge in [-0.3, -0.25) is 0 Å². The van der Waals surface area contributed by atoms with E-state index in [2.05, 4.69) is 13.0 Å². The average Bonchev–Trinajstić information content (AvgIpc) is 2.33. The van der Waals surface area contributed by atoms with Crippen molar-refractivity contribution in [2.24, 2.45) is 5.92 Å². The Bertz CT molecular complexity index is 349. The SMILES string of the molecule is C[C@H]1CCCC[C@H]1Oc1cccc(CCO)c1. The van der Waals surface area contributed by atoms with E-state index in [0.29, 0.717) is 18.4 Å². The van der Waals surface area contributed by atoms with Crippen molar-refractivity contribution >= 4 is 0 Å². The van der Waals surface area contributed by atoms with Gasteiger partial charge in [0.1, 0.15) is 11.9 Å². The highest BCUT2D eigenvalue weighted by Crippen LogP contribution is 2.28. The molecule has 1 aromatic carbocycles. The summed E-state index contributed by atoms with van der Waals surface area (Å²) in [6.07, 6.45) is 6.15. The van der Waals surface area contributed by atoms with Crippen LogP contribution in [0.2, 0.25) is 0 Å². The third kappa shape index (κ3) is 3.47. The fraction of sp³-hybridized carbons (Fsp3) is 0.600. The van der Waals surface area contributed by atoms with Gasteiger partial charge in [-0.2, -0.15) is 0 Å². The highest BCUT2D eigenvalue weighted by molar-refractivity contribution is 5.28. The van der Waals surface area contributed by atoms with E-state index in [1.54, 1.807) is 0 Å². The second-order valence-electron chi connectivity index (χ2n) is 5.04. The lowest BCUT2D eigenvalue weighted by molar-refractivity contribution is 0.102. The molecule has 1 aromatic rings. The van der Waals surface area contributed by atoms with Crippen LogP contribution in [-0.2, 0) is 6.42 Å². The lowest BCUT2D eigenvalue weighted by Gasteiger charge is -2.29. The first-order valence-electron chi connectivity index (χ1n) is 6.66. The zero-order chi connectivity index (χ0) is 12.1. The number of ether oxygens (including phenoxy) is 1. The van der Waals surface area contributed by atoms with Crippen molar-refractivity contribution in [3.05, 3.63) is 29.8 Å². The molecule has 0 aliphatic heterocycles. The number of aliphatic hydroxyl groups excluding tert-OH is 1. The van der Waals surface area contributed by atoms with Gasteiger partial charge in [0.2, 0.25) is 0 Å². The smallest absolute Gasteiger partial charge is 0.120 e. The van der Waals surface area contributed by atoms with Crippen molar-refractivity contribution in [1.29, 1.82) is 0 Å². The molecule has 0 radical (unpaired) electrons. The third-order valence-corrected chi connectivity index (χ3v) is 3.62. The normalized spacial score (nSPS) is 24.6. The molecule has 2 atom stereocenters. The Kier molecular flexibility index (Phi) is 4.43. The minimum atomic E-state index is 0.198. The second-order valence-corrected chi connectivity index (χ2v) is 5.04. The Balaban J connectivity index is 1.99. The predicted molar refractivity (Wildman–Crippen MR) is 69.3 cm³/mol. The molecule has 1 aliphatic carbocycles. The second kappa shape index (κ2) is 6.06. The van der Waals surface area contributed by atoms with Gasteiger partial charge in [-0.25, -0.2) is 0 Å². The number of rotatable bonds is 4. The maximum absolute atomic E-state index is 8.93. The van der Waals surface area contributed by atoms with Gasteiger partial charge >= 0.3 is 0 Å². The standard InChI is InChI=1S/C15H22O2/c1-12-5-2-3-8-15(12)17-14-7-4-6-13(11-14)9-10-16/h4,6-7,11-12,15-16H,2-3,5,8-10H2,1H3/t12-,15+/m0/s1. The van der Waals surface area contributed by atoms with Gasteiger partial charge < -0.3 is 9.84 Å². The van der Waals surface area contributed by atoms with Crippen molar-refractivity contribution in [3.63, 3.8) is 0 Å². The summed E-state index contributed by atoms with van der Waals surface area (Å²) in [5.74, 6) is 1.61. The minimum absolute atomic E-state index is 0.198. The molecule has 0 saturated heterocycles. The summed E-state index contributed by atoms with van der Waals surface area (Å²) in [5.41, 5.74) is 1.15. The zero-order valence-corrected chi connectivity index (χ0v) is 10.6. The topological polar surface area (TPSA) is 29.5 Å². The van der Waals surface area contributed by atoms with E-state index in [4.69, 9.17) is 9.84 Å². The van der Waals surface area contributed by atoms with Crippen molar-refractivity contribution < 1.29 is 9.84 Å². The molecule has 1 fully saturated rings. The fourth-order valence-corrected chi connectivity index (χ4v) is 2.54. The average molecular weight is 234 g/mol. The molecule has 1 aliphatic rings.